The monoisotopic (exact) mass is 269 g/mol. The van der Waals surface area contributed by atoms with Crippen molar-refractivity contribution < 1.29 is 23.9 Å². The predicted octanol–water partition coefficient (Wildman–Crippen LogP) is 0.516. The zero-order valence-electron chi connectivity index (χ0n) is 11.6. The van der Waals surface area contributed by atoms with Crippen molar-refractivity contribution in [1.82, 2.24) is 4.90 Å². The number of amides is 1. The van der Waals surface area contributed by atoms with E-state index in [1.54, 1.807) is 4.90 Å². The molecule has 0 aromatic carbocycles. The third kappa shape index (κ3) is 3.56. The number of rotatable bonds is 4. The molecule has 1 amide bonds. The van der Waals surface area contributed by atoms with E-state index in [9.17, 15) is 14.4 Å². The second kappa shape index (κ2) is 5.86. The molecule has 6 heteroatoms. The summed E-state index contributed by atoms with van der Waals surface area (Å²) in [5.74, 6) is -1.58. The van der Waals surface area contributed by atoms with Crippen LogP contribution in [0.15, 0.2) is 12.2 Å². The van der Waals surface area contributed by atoms with E-state index >= 15 is 0 Å². The maximum Gasteiger partial charge on any atom is 0.331 e. The fourth-order valence-corrected chi connectivity index (χ4v) is 1.99. The van der Waals surface area contributed by atoms with Crippen LogP contribution in [0.4, 0.5) is 0 Å². The fraction of sp³-hybridized carbons (Fsp3) is 0.615. The van der Waals surface area contributed by atoms with Crippen molar-refractivity contribution in [2.24, 2.45) is 5.41 Å². The number of carbonyl (C=O) groups excluding carboxylic acids is 3. The number of hydrogen-bond donors (Lipinski definition) is 0. The first-order valence-electron chi connectivity index (χ1n) is 6.07. The van der Waals surface area contributed by atoms with Crippen LogP contribution >= 0.6 is 0 Å². The third-order valence-electron chi connectivity index (χ3n) is 3.02. The molecule has 1 heterocycles. The van der Waals surface area contributed by atoms with Gasteiger partial charge in [-0.2, -0.15) is 0 Å². The van der Waals surface area contributed by atoms with E-state index < -0.39 is 23.5 Å². The van der Waals surface area contributed by atoms with Crippen LogP contribution in [0.2, 0.25) is 0 Å². The van der Waals surface area contributed by atoms with Crippen LogP contribution in [0.5, 0.6) is 0 Å². The molecular formula is C13H19NO5. The lowest BCUT2D eigenvalue weighted by atomic mass is 9.89. The number of esters is 2. The average molecular weight is 269 g/mol. The van der Waals surface area contributed by atoms with Crippen molar-refractivity contribution in [3.63, 3.8) is 0 Å². The van der Waals surface area contributed by atoms with Gasteiger partial charge in [-0.25, -0.2) is 9.59 Å². The van der Waals surface area contributed by atoms with E-state index in [-0.39, 0.29) is 5.91 Å². The SMILES string of the molecule is CCN1CC(C)(C)C(OC(=O)/C=C/C(=O)OC)C1=O. The minimum Gasteiger partial charge on any atom is -0.466 e. The molecular weight excluding hydrogens is 250 g/mol. The molecule has 19 heavy (non-hydrogen) atoms. The highest BCUT2D eigenvalue weighted by atomic mass is 16.6. The number of methoxy groups -OCH3 is 1. The Bertz CT molecular complexity index is 413. The molecule has 0 N–H and O–H groups in total. The molecule has 0 aliphatic carbocycles. The van der Waals surface area contributed by atoms with E-state index in [0.29, 0.717) is 13.1 Å². The van der Waals surface area contributed by atoms with E-state index in [4.69, 9.17) is 4.74 Å². The minimum absolute atomic E-state index is 0.202. The molecule has 1 saturated heterocycles. The number of likely N-dealkylation sites (tertiary alicyclic amines) is 1. The smallest absolute Gasteiger partial charge is 0.331 e. The zero-order chi connectivity index (χ0) is 14.6. The summed E-state index contributed by atoms with van der Waals surface area (Å²) in [6.45, 7) is 6.72. The minimum atomic E-state index is -0.817. The lowest BCUT2D eigenvalue weighted by Crippen LogP contribution is -2.35. The van der Waals surface area contributed by atoms with Gasteiger partial charge in [0.15, 0.2) is 6.10 Å². The number of nitrogens with zero attached hydrogens (tertiary/aromatic N) is 1. The summed E-state index contributed by atoms with van der Waals surface area (Å²) in [5.41, 5.74) is -0.443. The van der Waals surface area contributed by atoms with Gasteiger partial charge in [-0.3, -0.25) is 4.79 Å². The van der Waals surface area contributed by atoms with Gasteiger partial charge < -0.3 is 14.4 Å². The molecule has 1 rings (SSSR count). The molecule has 0 aromatic rings. The van der Waals surface area contributed by atoms with E-state index in [2.05, 4.69) is 4.74 Å². The van der Waals surface area contributed by atoms with Crippen molar-refractivity contribution in [3.8, 4) is 0 Å². The largest absolute Gasteiger partial charge is 0.466 e. The summed E-state index contributed by atoms with van der Waals surface area (Å²) in [7, 11) is 1.21. The standard InChI is InChI=1S/C13H19NO5/c1-5-14-8-13(2,3)11(12(14)17)19-10(16)7-6-9(15)18-4/h6-7,11H,5,8H2,1-4H3/b7-6+. The van der Waals surface area contributed by atoms with E-state index in [1.165, 1.54) is 7.11 Å². The highest BCUT2D eigenvalue weighted by Gasteiger charge is 2.48. The summed E-state index contributed by atoms with van der Waals surface area (Å²) < 4.78 is 9.50. The summed E-state index contributed by atoms with van der Waals surface area (Å²) >= 11 is 0. The van der Waals surface area contributed by atoms with Gasteiger partial charge in [0.1, 0.15) is 0 Å². The Labute approximate surface area is 112 Å². The van der Waals surface area contributed by atoms with Gasteiger partial charge in [-0.15, -0.1) is 0 Å². The van der Waals surface area contributed by atoms with Crippen molar-refractivity contribution in [2.45, 2.75) is 26.9 Å². The van der Waals surface area contributed by atoms with Crippen molar-refractivity contribution in [3.05, 3.63) is 12.2 Å². The van der Waals surface area contributed by atoms with Crippen LogP contribution in [0.3, 0.4) is 0 Å². The molecule has 1 unspecified atom stereocenters. The molecule has 1 atom stereocenters. The highest BCUT2D eigenvalue weighted by molar-refractivity contribution is 5.93. The Morgan fingerprint density at radius 1 is 1.37 bits per heavy atom. The van der Waals surface area contributed by atoms with Crippen LogP contribution in [0.25, 0.3) is 0 Å². The van der Waals surface area contributed by atoms with E-state index in [0.717, 1.165) is 12.2 Å². The Morgan fingerprint density at radius 3 is 2.42 bits per heavy atom. The van der Waals surface area contributed by atoms with Crippen LogP contribution in [0, 0.1) is 5.41 Å². The molecule has 0 spiro atoms. The third-order valence-corrected chi connectivity index (χ3v) is 3.02. The van der Waals surface area contributed by atoms with Crippen LogP contribution in [0.1, 0.15) is 20.8 Å². The molecule has 6 nitrogen and oxygen atoms in total. The Morgan fingerprint density at radius 2 is 1.95 bits per heavy atom. The number of carbonyl (C=O) groups is 3. The molecule has 1 fully saturated rings. The van der Waals surface area contributed by atoms with Gasteiger partial charge in [0.05, 0.1) is 7.11 Å². The van der Waals surface area contributed by atoms with Gasteiger partial charge in [0, 0.05) is 30.7 Å². The molecule has 1 aliphatic rings. The number of hydrogen-bond acceptors (Lipinski definition) is 5. The fourth-order valence-electron chi connectivity index (χ4n) is 1.99. The quantitative estimate of drug-likeness (QED) is 0.549. The Balaban J connectivity index is 2.70. The molecule has 0 saturated carbocycles. The molecule has 0 aromatic heterocycles. The second-order valence-corrected chi connectivity index (χ2v) is 5.01. The normalized spacial score (nSPS) is 21.8. The first-order valence-corrected chi connectivity index (χ1v) is 6.07. The first kappa shape index (κ1) is 15.2. The van der Waals surface area contributed by atoms with E-state index in [1.807, 2.05) is 20.8 Å². The summed E-state index contributed by atoms with van der Waals surface area (Å²) in [6.07, 6.45) is 1.11. The van der Waals surface area contributed by atoms with Crippen LogP contribution in [-0.2, 0) is 23.9 Å². The first-order chi connectivity index (χ1) is 8.81. The zero-order valence-corrected chi connectivity index (χ0v) is 11.6. The van der Waals surface area contributed by atoms with Gasteiger partial charge >= 0.3 is 11.9 Å². The lowest BCUT2D eigenvalue weighted by molar-refractivity contribution is -0.155. The van der Waals surface area contributed by atoms with Gasteiger partial charge in [0.25, 0.3) is 5.91 Å². The van der Waals surface area contributed by atoms with Crippen LogP contribution < -0.4 is 0 Å². The van der Waals surface area contributed by atoms with Crippen molar-refractivity contribution in [1.29, 1.82) is 0 Å². The number of ether oxygens (including phenoxy) is 2. The lowest BCUT2D eigenvalue weighted by Gasteiger charge is -2.22. The molecule has 0 bridgehead atoms. The van der Waals surface area contributed by atoms with Crippen LogP contribution in [-0.4, -0.2) is 49.0 Å². The van der Waals surface area contributed by atoms with Gasteiger partial charge in [0.2, 0.25) is 0 Å². The van der Waals surface area contributed by atoms with Crippen molar-refractivity contribution in [2.75, 3.05) is 20.2 Å². The predicted molar refractivity (Wildman–Crippen MR) is 67.1 cm³/mol. The molecule has 1 aliphatic heterocycles. The highest BCUT2D eigenvalue weighted by Crippen LogP contribution is 2.32. The Hall–Kier alpha value is -1.85. The number of likely N-dealkylation sites (N-methyl/N-ethyl adjacent to an activating group) is 1. The maximum absolute atomic E-state index is 12.0. The molecule has 0 radical (unpaired) electrons. The summed E-state index contributed by atoms with van der Waals surface area (Å²) in [6, 6.07) is 0. The Kier molecular flexibility index (Phi) is 4.69. The van der Waals surface area contributed by atoms with Crippen molar-refractivity contribution >= 4 is 17.8 Å². The topological polar surface area (TPSA) is 72.9 Å². The van der Waals surface area contributed by atoms with Gasteiger partial charge in [-0.05, 0) is 6.92 Å². The van der Waals surface area contributed by atoms with Gasteiger partial charge in [-0.1, -0.05) is 13.8 Å². The average Bonchev–Trinajstić information content (AvgIpc) is 2.58. The second-order valence-electron chi connectivity index (χ2n) is 5.01. The maximum atomic E-state index is 12.0. The molecule has 106 valence electrons. The summed E-state index contributed by atoms with van der Waals surface area (Å²) in [5, 5.41) is 0. The summed E-state index contributed by atoms with van der Waals surface area (Å²) in [4.78, 5) is 36.1.